The Morgan fingerprint density at radius 1 is 1.47 bits per heavy atom. The third kappa shape index (κ3) is 6.40. The maximum absolute atomic E-state index is 13.4. The van der Waals surface area contributed by atoms with Gasteiger partial charge in [0.1, 0.15) is 0 Å². The van der Waals surface area contributed by atoms with Crippen LogP contribution in [0, 0.1) is 5.82 Å². The maximum atomic E-state index is 13.4. The van der Waals surface area contributed by atoms with Gasteiger partial charge >= 0.3 is 0 Å². The molecule has 0 spiro atoms. The molecule has 0 saturated carbocycles. The highest BCUT2D eigenvalue weighted by Gasteiger charge is 2.13. The molecule has 19 heavy (non-hydrogen) atoms. The molecule has 0 saturated heterocycles. The van der Waals surface area contributed by atoms with Crippen LogP contribution in [0.3, 0.4) is 0 Å². The van der Waals surface area contributed by atoms with E-state index in [1.807, 2.05) is 13.8 Å². The Hall–Kier alpha value is -1.33. The van der Waals surface area contributed by atoms with Gasteiger partial charge in [0.15, 0.2) is 11.6 Å². The van der Waals surface area contributed by atoms with E-state index in [1.54, 1.807) is 6.07 Å². The molecular formula is C13H20ClFN2O2. The molecule has 0 fully saturated rings. The van der Waals surface area contributed by atoms with Crippen LogP contribution in [-0.2, 0) is 11.2 Å². The second kappa shape index (κ2) is 7.31. The van der Waals surface area contributed by atoms with Crippen LogP contribution >= 0.6 is 12.4 Å². The fourth-order valence-corrected chi connectivity index (χ4v) is 1.39. The highest BCUT2D eigenvalue weighted by Crippen LogP contribution is 2.17. The third-order valence-electron chi connectivity index (χ3n) is 2.32. The summed E-state index contributed by atoms with van der Waals surface area (Å²) in [5, 5.41) is 2.70. The first-order chi connectivity index (χ1) is 8.31. The van der Waals surface area contributed by atoms with E-state index in [-0.39, 0.29) is 30.5 Å². The summed E-state index contributed by atoms with van der Waals surface area (Å²) in [4.78, 5) is 11.6. The molecule has 0 aliphatic heterocycles. The smallest absolute Gasteiger partial charge is 0.224 e. The van der Waals surface area contributed by atoms with Gasteiger partial charge in [0.05, 0.1) is 13.5 Å². The first-order valence-electron chi connectivity index (χ1n) is 5.70. The minimum Gasteiger partial charge on any atom is -0.494 e. The molecule has 6 heteroatoms. The van der Waals surface area contributed by atoms with E-state index in [0.29, 0.717) is 12.1 Å². The van der Waals surface area contributed by atoms with Crippen LogP contribution in [0.25, 0.3) is 0 Å². The Balaban J connectivity index is 0.00000324. The number of halogens is 2. The van der Waals surface area contributed by atoms with Crippen LogP contribution in [0.2, 0.25) is 0 Å². The van der Waals surface area contributed by atoms with E-state index >= 15 is 0 Å². The molecule has 0 bridgehead atoms. The van der Waals surface area contributed by atoms with Crippen molar-refractivity contribution < 1.29 is 13.9 Å². The van der Waals surface area contributed by atoms with Crippen LogP contribution < -0.4 is 15.8 Å². The van der Waals surface area contributed by atoms with Crippen molar-refractivity contribution in [1.29, 1.82) is 0 Å². The number of amides is 1. The van der Waals surface area contributed by atoms with Crippen LogP contribution in [0.15, 0.2) is 18.2 Å². The van der Waals surface area contributed by atoms with Gasteiger partial charge in [0, 0.05) is 12.1 Å². The monoisotopic (exact) mass is 290 g/mol. The van der Waals surface area contributed by atoms with E-state index in [2.05, 4.69) is 5.32 Å². The highest BCUT2D eigenvalue weighted by molar-refractivity contribution is 5.85. The summed E-state index contributed by atoms with van der Waals surface area (Å²) in [7, 11) is 1.40. The molecule has 0 unspecified atom stereocenters. The number of methoxy groups -OCH3 is 1. The first kappa shape index (κ1) is 17.7. The second-order valence-electron chi connectivity index (χ2n) is 4.91. The quantitative estimate of drug-likeness (QED) is 0.867. The first-order valence-corrected chi connectivity index (χ1v) is 5.70. The molecule has 4 nitrogen and oxygen atoms in total. The molecule has 3 N–H and O–H groups in total. The molecular weight excluding hydrogens is 271 g/mol. The summed E-state index contributed by atoms with van der Waals surface area (Å²) in [5.41, 5.74) is 5.89. The average molecular weight is 291 g/mol. The molecule has 0 atom stereocenters. The lowest BCUT2D eigenvalue weighted by Gasteiger charge is -2.18. The molecule has 108 valence electrons. The summed E-state index contributed by atoms with van der Waals surface area (Å²) < 4.78 is 18.2. The van der Waals surface area contributed by atoms with Gasteiger partial charge in [-0.2, -0.15) is 0 Å². The number of carbonyl (C=O) groups is 1. The van der Waals surface area contributed by atoms with Crippen LogP contribution in [0.4, 0.5) is 4.39 Å². The Kier molecular flexibility index (Phi) is 6.79. The van der Waals surface area contributed by atoms with Crippen molar-refractivity contribution in [2.45, 2.75) is 25.8 Å². The Bertz CT molecular complexity index is 433. The third-order valence-corrected chi connectivity index (χ3v) is 2.32. The summed E-state index contributed by atoms with van der Waals surface area (Å²) in [6.45, 7) is 4.02. The van der Waals surface area contributed by atoms with Crippen molar-refractivity contribution in [3.63, 3.8) is 0 Å². The van der Waals surface area contributed by atoms with E-state index in [1.165, 1.54) is 19.2 Å². The number of ether oxygens (including phenoxy) is 1. The lowest BCUT2D eigenvalue weighted by Crippen LogP contribution is -2.45. The van der Waals surface area contributed by atoms with Gasteiger partial charge in [-0.3, -0.25) is 4.79 Å². The zero-order valence-corrected chi connectivity index (χ0v) is 12.1. The van der Waals surface area contributed by atoms with Gasteiger partial charge in [-0.15, -0.1) is 12.4 Å². The lowest BCUT2D eigenvalue weighted by atomic mass is 10.1. The lowest BCUT2D eigenvalue weighted by molar-refractivity contribution is -0.120. The molecule has 0 aromatic heterocycles. The van der Waals surface area contributed by atoms with Crippen molar-refractivity contribution in [2.24, 2.45) is 5.73 Å². The molecule has 1 aromatic rings. The zero-order chi connectivity index (χ0) is 13.8. The van der Waals surface area contributed by atoms with E-state index in [9.17, 15) is 9.18 Å². The number of nitrogens with one attached hydrogen (secondary N) is 1. The SMILES string of the molecule is COc1ccc(CC(=O)NCC(C)(C)N)cc1F.Cl. The summed E-state index contributed by atoms with van der Waals surface area (Å²) >= 11 is 0. The number of nitrogens with two attached hydrogens (primary N) is 1. The topological polar surface area (TPSA) is 64.3 Å². The van der Waals surface area contributed by atoms with Crippen molar-refractivity contribution in [1.82, 2.24) is 5.32 Å². The fraction of sp³-hybridized carbons (Fsp3) is 0.462. The maximum Gasteiger partial charge on any atom is 0.224 e. The molecule has 1 aromatic carbocycles. The number of rotatable bonds is 5. The summed E-state index contributed by atoms with van der Waals surface area (Å²) in [6.07, 6.45) is 0.122. The van der Waals surface area contributed by atoms with E-state index < -0.39 is 11.4 Å². The number of hydrogen-bond donors (Lipinski definition) is 2. The zero-order valence-electron chi connectivity index (χ0n) is 11.3. The predicted molar refractivity (Wildman–Crippen MR) is 75.2 cm³/mol. The average Bonchev–Trinajstić information content (AvgIpc) is 2.26. The van der Waals surface area contributed by atoms with E-state index in [4.69, 9.17) is 10.5 Å². The van der Waals surface area contributed by atoms with E-state index in [0.717, 1.165) is 0 Å². The van der Waals surface area contributed by atoms with Crippen LogP contribution in [0.1, 0.15) is 19.4 Å². The predicted octanol–water partition coefficient (Wildman–Crippen LogP) is 1.65. The van der Waals surface area contributed by atoms with Crippen LogP contribution in [-0.4, -0.2) is 25.1 Å². The fourth-order valence-electron chi connectivity index (χ4n) is 1.39. The van der Waals surface area contributed by atoms with Gasteiger partial charge in [-0.1, -0.05) is 6.07 Å². The van der Waals surface area contributed by atoms with Crippen LogP contribution in [0.5, 0.6) is 5.75 Å². The molecule has 0 aliphatic rings. The number of benzene rings is 1. The van der Waals surface area contributed by atoms with Crippen molar-refractivity contribution in [3.8, 4) is 5.75 Å². The second-order valence-corrected chi connectivity index (χ2v) is 4.91. The minimum absolute atomic E-state index is 0. The normalized spacial score (nSPS) is 10.6. The standard InChI is InChI=1S/C13H19FN2O2.ClH/c1-13(2,15)8-16-12(17)7-9-4-5-11(18-3)10(14)6-9;/h4-6H,7-8,15H2,1-3H3,(H,16,17);1H. The molecule has 0 heterocycles. The summed E-state index contributed by atoms with van der Waals surface area (Å²) in [6, 6.07) is 4.46. The van der Waals surface area contributed by atoms with Gasteiger partial charge in [0.25, 0.3) is 0 Å². The molecule has 1 amide bonds. The molecule has 0 radical (unpaired) electrons. The molecule has 0 aliphatic carbocycles. The van der Waals surface area contributed by atoms with Crippen molar-refractivity contribution >= 4 is 18.3 Å². The van der Waals surface area contributed by atoms with Crippen molar-refractivity contribution in [3.05, 3.63) is 29.6 Å². The van der Waals surface area contributed by atoms with Gasteiger partial charge in [-0.05, 0) is 31.5 Å². The number of hydrogen-bond acceptors (Lipinski definition) is 3. The largest absolute Gasteiger partial charge is 0.494 e. The Labute approximate surface area is 118 Å². The van der Waals surface area contributed by atoms with Gasteiger partial charge in [0.2, 0.25) is 5.91 Å². The van der Waals surface area contributed by atoms with Gasteiger partial charge in [-0.25, -0.2) is 4.39 Å². The Morgan fingerprint density at radius 3 is 2.58 bits per heavy atom. The summed E-state index contributed by atoms with van der Waals surface area (Å²) in [5.74, 6) is -0.484. The molecule has 1 rings (SSSR count). The highest BCUT2D eigenvalue weighted by atomic mass is 35.5. The Morgan fingerprint density at radius 2 is 2.11 bits per heavy atom. The number of carbonyl (C=O) groups excluding carboxylic acids is 1. The van der Waals surface area contributed by atoms with Crippen molar-refractivity contribution in [2.75, 3.05) is 13.7 Å². The van der Waals surface area contributed by atoms with Gasteiger partial charge < -0.3 is 15.8 Å². The minimum atomic E-state index is -0.470.